The first-order valence-electron chi connectivity index (χ1n) is 9.84. The molecule has 2 aromatic carbocycles. The third kappa shape index (κ3) is 4.90. The van der Waals surface area contributed by atoms with Crippen LogP contribution < -0.4 is 11.5 Å². The van der Waals surface area contributed by atoms with Crippen LogP contribution >= 0.6 is 11.6 Å². The van der Waals surface area contributed by atoms with E-state index in [4.69, 9.17) is 27.8 Å². The number of phenolic OH excluding ortho intramolecular Hbond substituents is 1. The predicted octanol–water partition coefficient (Wildman–Crippen LogP) is 3.56. The van der Waals surface area contributed by atoms with Gasteiger partial charge in [-0.15, -0.1) is 0 Å². The van der Waals surface area contributed by atoms with Gasteiger partial charge >= 0.3 is 5.97 Å². The molecule has 0 unspecified atom stereocenters. The van der Waals surface area contributed by atoms with Crippen molar-refractivity contribution in [2.75, 3.05) is 6.61 Å². The molecule has 1 aromatic heterocycles. The molecule has 0 spiro atoms. The van der Waals surface area contributed by atoms with E-state index < -0.39 is 5.91 Å². The monoisotopic (exact) mass is 441 g/mol. The van der Waals surface area contributed by atoms with E-state index in [0.29, 0.717) is 40.4 Å². The zero-order valence-electron chi connectivity index (χ0n) is 17.1. The van der Waals surface area contributed by atoms with Gasteiger partial charge in [0, 0.05) is 28.4 Å². The van der Waals surface area contributed by atoms with Crippen LogP contribution in [0.15, 0.2) is 48.5 Å². The molecule has 0 atom stereocenters. The molecule has 3 aromatic rings. The maximum atomic E-state index is 11.9. The van der Waals surface area contributed by atoms with Crippen LogP contribution in [0.25, 0.3) is 16.9 Å². The zero-order chi connectivity index (χ0) is 22.5. The number of rotatable bonds is 8. The number of aromatic hydroxyl groups is 1. The molecular formula is C23H24ClN3O4. The number of hydrogen-bond donors (Lipinski definition) is 3. The highest BCUT2D eigenvalue weighted by molar-refractivity contribution is 6.30. The number of carbonyl (C=O) groups is 2. The fourth-order valence-electron chi connectivity index (χ4n) is 3.47. The number of hydrogen-bond acceptors (Lipinski definition) is 5. The maximum Gasteiger partial charge on any atom is 0.306 e. The Morgan fingerprint density at radius 2 is 1.90 bits per heavy atom. The standard InChI is InChI=1S/C23H24ClN3O4/c1-2-31-22(29)10-6-17-5-9-20(18-7-4-16(24)12-21(18)28)27(17)19-8-3-14(23(26)30)11-15(19)13-25/h3-5,7-9,11-12,28H,2,6,10,13,25H2,1H3,(H2,26,30). The second kappa shape index (κ2) is 9.68. The number of amides is 1. The Hall–Kier alpha value is -3.29. The minimum absolute atomic E-state index is 0.0202. The van der Waals surface area contributed by atoms with Gasteiger partial charge in [-0.1, -0.05) is 11.6 Å². The van der Waals surface area contributed by atoms with Crippen molar-refractivity contribution in [2.45, 2.75) is 26.3 Å². The fourth-order valence-corrected chi connectivity index (χ4v) is 3.64. The molecular weight excluding hydrogens is 418 g/mol. The minimum Gasteiger partial charge on any atom is -0.507 e. The smallest absolute Gasteiger partial charge is 0.306 e. The van der Waals surface area contributed by atoms with Crippen LogP contribution in [-0.2, 0) is 22.5 Å². The van der Waals surface area contributed by atoms with E-state index in [0.717, 1.165) is 11.4 Å². The second-order valence-corrected chi connectivity index (χ2v) is 7.36. The quantitative estimate of drug-likeness (QED) is 0.461. The molecule has 0 saturated carbocycles. The number of ether oxygens (including phenoxy) is 1. The van der Waals surface area contributed by atoms with Crippen LogP contribution in [0.4, 0.5) is 0 Å². The Balaban J connectivity index is 2.16. The van der Waals surface area contributed by atoms with E-state index in [-0.39, 0.29) is 24.7 Å². The van der Waals surface area contributed by atoms with Crippen LogP contribution in [0.1, 0.15) is 35.0 Å². The average Bonchev–Trinajstić information content (AvgIpc) is 3.15. The molecule has 0 bridgehead atoms. The molecule has 0 fully saturated rings. The van der Waals surface area contributed by atoms with Gasteiger partial charge in [-0.25, -0.2) is 0 Å². The summed E-state index contributed by atoms with van der Waals surface area (Å²) in [6, 6.07) is 13.6. The molecule has 31 heavy (non-hydrogen) atoms. The van der Waals surface area contributed by atoms with Crippen LogP contribution in [0.2, 0.25) is 5.02 Å². The van der Waals surface area contributed by atoms with E-state index in [9.17, 15) is 14.7 Å². The van der Waals surface area contributed by atoms with Crippen molar-refractivity contribution in [2.24, 2.45) is 11.5 Å². The van der Waals surface area contributed by atoms with Crippen molar-refractivity contribution in [1.29, 1.82) is 0 Å². The number of benzene rings is 2. The first-order valence-corrected chi connectivity index (χ1v) is 10.2. The summed E-state index contributed by atoms with van der Waals surface area (Å²) < 4.78 is 6.96. The van der Waals surface area contributed by atoms with Crippen molar-refractivity contribution in [1.82, 2.24) is 4.57 Å². The summed E-state index contributed by atoms with van der Waals surface area (Å²) in [6.45, 7) is 2.24. The lowest BCUT2D eigenvalue weighted by atomic mass is 10.1. The van der Waals surface area contributed by atoms with Gasteiger partial charge in [-0.2, -0.15) is 0 Å². The van der Waals surface area contributed by atoms with Gasteiger partial charge in [0.15, 0.2) is 0 Å². The molecule has 5 N–H and O–H groups in total. The Morgan fingerprint density at radius 3 is 2.55 bits per heavy atom. The van der Waals surface area contributed by atoms with Crippen molar-refractivity contribution in [3.63, 3.8) is 0 Å². The summed E-state index contributed by atoms with van der Waals surface area (Å²) in [5.41, 5.74) is 15.2. The number of aromatic nitrogens is 1. The van der Waals surface area contributed by atoms with Crippen molar-refractivity contribution >= 4 is 23.5 Å². The topological polar surface area (TPSA) is 121 Å². The van der Waals surface area contributed by atoms with Gasteiger partial charge in [0.05, 0.1) is 24.4 Å². The average molecular weight is 442 g/mol. The highest BCUT2D eigenvalue weighted by Crippen LogP contribution is 2.35. The highest BCUT2D eigenvalue weighted by Gasteiger charge is 2.19. The molecule has 3 rings (SSSR count). The van der Waals surface area contributed by atoms with Gasteiger partial charge in [-0.05, 0) is 67.4 Å². The van der Waals surface area contributed by atoms with Crippen LogP contribution in [0, 0.1) is 0 Å². The van der Waals surface area contributed by atoms with Gasteiger partial charge in [-0.3, -0.25) is 9.59 Å². The number of carbonyl (C=O) groups excluding carboxylic acids is 2. The molecule has 0 aliphatic rings. The second-order valence-electron chi connectivity index (χ2n) is 6.92. The normalized spacial score (nSPS) is 10.8. The Kier molecular flexibility index (Phi) is 6.99. The molecule has 1 heterocycles. The number of nitrogens with zero attached hydrogens (tertiary/aromatic N) is 1. The van der Waals surface area contributed by atoms with Crippen molar-refractivity contribution in [3.8, 4) is 22.7 Å². The third-order valence-corrected chi connectivity index (χ3v) is 5.15. The van der Waals surface area contributed by atoms with Crippen LogP contribution in [-0.4, -0.2) is 28.2 Å². The van der Waals surface area contributed by atoms with Gasteiger partial charge < -0.3 is 25.9 Å². The predicted molar refractivity (Wildman–Crippen MR) is 119 cm³/mol. The summed E-state index contributed by atoms with van der Waals surface area (Å²) in [6.07, 6.45) is 0.607. The maximum absolute atomic E-state index is 11.9. The third-order valence-electron chi connectivity index (χ3n) is 4.91. The summed E-state index contributed by atoms with van der Waals surface area (Å²) in [7, 11) is 0. The van der Waals surface area contributed by atoms with Crippen molar-refractivity contribution in [3.05, 3.63) is 70.4 Å². The zero-order valence-corrected chi connectivity index (χ0v) is 17.9. The molecule has 162 valence electrons. The van der Waals surface area contributed by atoms with Gasteiger partial charge in [0.2, 0.25) is 5.91 Å². The number of aryl methyl sites for hydroxylation is 1. The lowest BCUT2D eigenvalue weighted by Crippen LogP contribution is -2.14. The molecule has 0 aliphatic carbocycles. The number of halogens is 1. The molecule has 0 radical (unpaired) electrons. The van der Waals surface area contributed by atoms with Crippen molar-refractivity contribution < 1.29 is 19.4 Å². The summed E-state index contributed by atoms with van der Waals surface area (Å²) in [5.74, 6) is -0.826. The lowest BCUT2D eigenvalue weighted by molar-refractivity contribution is -0.143. The van der Waals surface area contributed by atoms with Crippen LogP contribution in [0.3, 0.4) is 0 Å². The van der Waals surface area contributed by atoms with E-state index in [1.54, 1.807) is 37.3 Å². The molecule has 1 amide bonds. The molecule has 8 heteroatoms. The van der Waals surface area contributed by atoms with E-state index >= 15 is 0 Å². The van der Waals surface area contributed by atoms with E-state index in [1.807, 2.05) is 16.7 Å². The highest BCUT2D eigenvalue weighted by atomic mass is 35.5. The molecule has 0 aliphatic heterocycles. The van der Waals surface area contributed by atoms with Crippen LogP contribution in [0.5, 0.6) is 5.75 Å². The Morgan fingerprint density at radius 1 is 1.13 bits per heavy atom. The number of esters is 1. The lowest BCUT2D eigenvalue weighted by Gasteiger charge is -2.18. The number of nitrogens with two attached hydrogens (primary N) is 2. The first-order chi connectivity index (χ1) is 14.8. The summed E-state index contributed by atoms with van der Waals surface area (Å²) in [5, 5.41) is 10.9. The molecule has 7 nitrogen and oxygen atoms in total. The van der Waals surface area contributed by atoms with E-state index in [1.165, 1.54) is 6.07 Å². The first kappa shape index (κ1) is 22.4. The summed E-state index contributed by atoms with van der Waals surface area (Å²) >= 11 is 6.00. The summed E-state index contributed by atoms with van der Waals surface area (Å²) in [4.78, 5) is 23.5. The minimum atomic E-state index is -0.549. The Bertz CT molecular complexity index is 1120. The number of phenols is 1. The number of primary amides is 1. The molecule has 0 saturated heterocycles. The van der Waals surface area contributed by atoms with Gasteiger partial charge in [0.25, 0.3) is 0 Å². The SMILES string of the molecule is CCOC(=O)CCc1ccc(-c2ccc(Cl)cc2O)n1-c1ccc(C(N)=O)cc1CN. The largest absolute Gasteiger partial charge is 0.507 e. The fraction of sp³-hybridized carbons (Fsp3) is 0.217. The Labute approximate surface area is 185 Å². The van der Waals surface area contributed by atoms with E-state index in [2.05, 4.69) is 0 Å². The van der Waals surface area contributed by atoms with Gasteiger partial charge in [0.1, 0.15) is 5.75 Å².